The highest BCUT2D eigenvalue weighted by atomic mass is 35.5. The molecule has 0 N–H and O–H groups in total. The van der Waals surface area contributed by atoms with Crippen LogP contribution in [0.3, 0.4) is 0 Å². The van der Waals surface area contributed by atoms with E-state index in [4.69, 9.17) is 41.5 Å². The van der Waals surface area contributed by atoms with E-state index in [0.29, 0.717) is 23.6 Å². The third-order valence-electron chi connectivity index (χ3n) is 4.94. The number of aromatic nitrogens is 1. The number of hydrogen-bond acceptors (Lipinski definition) is 6. The fraction of sp³-hybridized carbons (Fsp3) is 0.444. The van der Waals surface area contributed by atoms with Crippen molar-refractivity contribution < 1.29 is 27.3 Å². The van der Waals surface area contributed by atoms with Gasteiger partial charge in [-0.2, -0.15) is 0 Å². The lowest BCUT2D eigenvalue weighted by Gasteiger charge is -2.31. The summed E-state index contributed by atoms with van der Waals surface area (Å²) in [6.45, 7) is 12.2. The van der Waals surface area contributed by atoms with Gasteiger partial charge in [0.05, 0.1) is 33.7 Å². The summed E-state index contributed by atoms with van der Waals surface area (Å²) in [5.74, 6) is -0.490. The molecule has 3 rings (SSSR count). The van der Waals surface area contributed by atoms with Crippen LogP contribution in [-0.4, -0.2) is 22.4 Å². The Kier molecular flexibility index (Phi) is 9.40. The number of phosphoric acid groups is 1. The van der Waals surface area contributed by atoms with Crippen molar-refractivity contribution in [3.8, 4) is 16.9 Å². The van der Waals surface area contributed by atoms with E-state index in [9.17, 15) is 9.36 Å². The largest absolute Gasteiger partial charge is 0.491 e. The highest BCUT2D eigenvalue weighted by Crippen LogP contribution is 2.55. The Morgan fingerprint density at radius 1 is 0.974 bits per heavy atom. The molecule has 0 aliphatic carbocycles. The number of halogens is 3. The average molecular weight is 588 g/mol. The lowest BCUT2D eigenvalue weighted by atomic mass is 10.0. The van der Waals surface area contributed by atoms with E-state index in [-0.39, 0.29) is 27.2 Å². The normalized spacial score (nSPS) is 12.8. The molecular formula is C27H33Cl2FNO6P. The molecule has 3 aromatic rings. The van der Waals surface area contributed by atoms with E-state index in [2.05, 4.69) is 0 Å². The molecule has 7 nitrogen and oxygen atoms in total. The van der Waals surface area contributed by atoms with Crippen molar-refractivity contribution in [2.75, 3.05) is 6.61 Å². The van der Waals surface area contributed by atoms with Crippen molar-refractivity contribution in [2.24, 2.45) is 0 Å². The van der Waals surface area contributed by atoms with Crippen molar-refractivity contribution in [2.45, 2.75) is 72.8 Å². The van der Waals surface area contributed by atoms with Gasteiger partial charge in [0.15, 0.2) is 5.43 Å². The van der Waals surface area contributed by atoms with E-state index in [1.54, 1.807) is 53.7 Å². The van der Waals surface area contributed by atoms with Gasteiger partial charge in [-0.25, -0.2) is 8.96 Å². The topological polar surface area (TPSA) is 76.0 Å². The van der Waals surface area contributed by atoms with Gasteiger partial charge in [-0.1, -0.05) is 36.2 Å². The van der Waals surface area contributed by atoms with Crippen molar-refractivity contribution in [3.05, 3.63) is 62.6 Å². The van der Waals surface area contributed by atoms with E-state index in [0.717, 1.165) is 0 Å². The molecule has 0 unspecified atom stereocenters. The summed E-state index contributed by atoms with van der Waals surface area (Å²) < 4.78 is 53.5. The molecule has 0 aliphatic heterocycles. The van der Waals surface area contributed by atoms with Gasteiger partial charge in [0.25, 0.3) is 0 Å². The van der Waals surface area contributed by atoms with Gasteiger partial charge in [-0.15, -0.1) is 0 Å². The van der Waals surface area contributed by atoms with Crippen molar-refractivity contribution >= 4 is 41.9 Å². The van der Waals surface area contributed by atoms with E-state index in [1.165, 1.54) is 29.0 Å². The number of benzene rings is 2. The Morgan fingerprint density at radius 3 is 2.16 bits per heavy atom. The van der Waals surface area contributed by atoms with Crippen LogP contribution in [0.25, 0.3) is 22.0 Å². The van der Waals surface area contributed by atoms with Gasteiger partial charge < -0.3 is 9.30 Å². The minimum Gasteiger partial charge on any atom is -0.491 e. The summed E-state index contributed by atoms with van der Waals surface area (Å²) in [6.07, 6.45) is 2.14. The fourth-order valence-electron chi connectivity index (χ4n) is 3.67. The van der Waals surface area contributed by atoms with Crippen LogP contribution in [0.5, 0.6) is 5.75 Å². The van der Waals surface area contributed by atoms with Crippen molar-refractivity contribution in [3.63, 3.8) is 0 Å². The Labute approximate surface area is 232 Å². The van der Waals surface area contributed by atoms with E-state index < -0.39 is 37.0 Å². The van der Waals surface area contributed by atoms with Crippen LogP contribution in [0.1, 0.15) is 54.9 Å². The first-order chi connectivity index (χ1) is 17.5. The highest BCUT2D eigenvalue weighted by Gasteiger charge is 2.37. The second kappa shape index (κ2) is 11.7. The molecule has 11 heteroatoms. The van der Waals surface area contributed by atoms with Gasteiger partial charge in [-0.3, -0.25) is 18.4 Å². The molecule has 208 valence electrons. The molecule has 2 aromatic carbocycles. The molecule has 0 radical (unpaired) electrons. The fourth-order valence-corrected chi connectivity index (χ4v) is 5.93. The number of phosphoric ester groups is 1. The Bertz CT molecular complexity index is 1410. The lowest BCUT2D eigenvalue weighted by molar-refractivity contribution is -0.00573. The van der Waals surface area contributed by atoms with Gasteiger partial charge in [0.1, 0.15) is 18.3 Å². The lowest BCUT2D eigenvalue weighted by Crippen LogP contribution is -2.25. The molecule has 1 aromatic heterocycles. The maximum absolute atomic E-state index is 15.2. The summed E-state index contributed by atoms with van der Waals surface area (Å²) in [7, 11) is -4.15. The van der Waals surface area contributed by atoms with Crippen LogP contribution < -0.4 is 10.2 Å². The van der Waals surface area contributed by atoms with Gasteiger partial charge in [-0.05, 0) is 72.2 Å². The minimum absolute atomic E-state index is 0.0950. The first kappa shape index (κ1) is 30.6. The van der Waals surface area contributed by atoms with Gasteiger partial charge in [0, 0.05) is 22.3 Å². The van der Waals surface area contributed by atoms with Gasteiger partial charge in [0.2, 0.25) is 0 Å². The summed E-state index contributed by atoms with van der Waals surface area (Å²) in [4.78, 5) is 13.6. The quantitative estimate of drug-likeness (QED) is 0.233. The predicted molar refractivity (Wildman–Crippen MR) is 150 cm³/mol. The number of fused-ring (bicyclic) bond motifs is 1. The maximum atomic E-state index is 15.2. The van der Waals surface area contributed by atoms with Crippen LogP contribution >= 0.6 is 31.0 Å². The monoisotopic (exact) mass is 587 g/mol. The number of hydrogen-bond donors (Lipinski definition) is 0. The maximum Gasteiger partial charge on any atom is 0.477 e. The number of nitrogens with zero attached hydrogens (tertiary/aromatic N) is 1. The number of rotatable bonds is 9. The van der Waals surface area contributed by atoms with E-state index >= 15 is 4.39 Å². The molecular weight excluding hydrogens is 555 g/mol. The second-order valence-corrected chi connectivity index (χ2v) is 13.1. The first-order valence-corrected chi connectivity index (χ1v) is 14.4. The van der Waals surface area contributed by atoms with Crippen molar-refractivity contribution in [1.29, 1.82) is 0 Å². The molecule has 0 saturated heterocycles. The minimum atomic E-state index is -4.15. The van der Waals surface area contributed by atoms with Crippen LogP contribution in [0.2, 0.25) is 10.0 Å². The summed E-state index contributed by atoms with van der Waals surface area (Å²) >= 11 is 12.5. The molecule has 0 saturated carbocycles. The van der Waals surface area contributed by atoms with Crippen LogP contribution in [0.4, 0.5) is 4.39 Å². The molecule has 0 amide bonds. The smallest absolute Gasteiger partial charge is 0.477 e. The van der Waals surface area contributed by atoms with Crippen LogP contribution in [0.15, 0.2) is 41.3 Å². The Balaban J connectivity index is 2.26. The SMILES string of the molecule is CCCOc1ccc(F)c2c(=O)c(-c3ccc(Cl)cc3Cl)cn(COP(=O)(OC(C)(C)C)OC(C)(C)C)c12. The first-order valence-electron chi connectivity index (χ1n) is 12.1. The average Bonchev–Trinajstić information content (AvgIpc) is 2.76. The second-order valence-electron chi connectivity index (χ2n) is 10.7. The highest BCUT2D eigenvalue weighted by molar-refractivity contribution is 7.48. The summed E-state index contributed by atoms with van der Waals surface area (Å²) in [5.41, 5.74) is -1.75. The van der Waals surface area contributed by atoms with Gasteiger partial charge >= 0.3 is 7.82 Å². The van der Waals surface area contributed by atoms with Crippen molar-refractivity contribution in [1.82, 2.24) is 4.57 Å². The third kappa shape index (κ3) is 7.59. The standard InChI is InChI=1S/C27H33Cl2FNO6P/c1-8-13-34-22-12-11-21(30)23-24(22)31(15-19(25(23)32)18-10-9-17(28)14-20(18)29)16-35-38(33,36-26(2,3)4)37-27(5,6)7/h9-12,14-15H,8,13,16H2,1-7H3. The molecule has 0 fully saturated rings. The zero-order valence-electron chi connectivity index (χ0n) is 22.6. The molecule has 1 heterocycles. The number of ether oxygens (including phenoxy) is 1. The van der Waals surface area contributed by atoms with Crippen LogP contribution in [-0.2, 0) is 24.9 Å². The third-order valence-corrected chi connectivity index (χ3v) is 7.47. The van der Waals surface area contributed by atoms with Crippen LogP contribution in [0, 0.1) is 5.82 Å². The summed E-state index contributed by atoms with van der Waals surface area (Å²) in [6, 6.07) is 7.25. The summed E-state index contributed by atoms with van der Waals surface area (Å²) in [5, 5.41) is 0.358. The molecule has 38 heavy (non-hydrogen) atoms. The molecule has 0 aliphatic rings. The molecule has 0 atom stereocenters. The molecule has 0 bridgehead atoms. The Hall–Kier alpha value is -1.93. The molecule has 0 spiro atoms. The van der Waals surface area contributed by atoms with E-state index in [1.807, 2.05) is 6.92 Å². The Morgan fingerprint density at radius 2 is 1.61 bits per heavy atom. The predicted octanol–water partition coefficient (Wildman–Crippen LogP) is 8.62. The zero-order valence-corrected chi connectivity index (χ0v) is 25.0. The zero-order chi connectivity index (χ0) is 28.5. The number of pyridine rings is 1.